The summed E-state index contributed by atoms with van der Waals surface area (Å²) in [7, 11) is 0. The zero-order valence-electron chi connectivity index (χ0n) is 15.3. The molecule has 2 saturated heterocycles. The van der Waals surface area contributed by atoms with Gasteiger partial charge in [-0.05, 0) is 49.5 Å². The normalized spacial score (nSPS) is 24.5. The van der Waals surface area contributed by atoms with Crippen molar-refractivity contribution in [1.29, 1.82) is 0 Å². The molecule has 26 heavy (non-hydrogen) atoms. The third kappa shape index (κ3) is 3.75. The number of hydrogen-bond acceptors (Lipinski definition) is 3. The average Bonchev–Trinajstić information content (AvgIpc) is 3.31. The van der Waals surface area contributed by atoms with E-state index in [-0.39, 0.29) is 23.5 Å². The maximum atomic E-state index is 12.9. The van der Waals surface area contributed by atoms with E-state index in [1.165, 1.54) is 37.0 Å². The molecule has 2 aliphatic heterocycles. The second-order valence-electron chi connectivity index (χ2n) is 8.16. The highest BCUT2D eigenvalue weighted by molar-refractivity contribution is 7.10. The van der Waals surface area contributed by atoms with Crippen LogP contribution in [0.4, 0.5) is 4.79 Å². The lowest BCUT2D eigenvalue weighted by Gasteiger charge is -2.40. The Balaban J connectivity index is 1.38. The molecule has 1 spiro atoms. The molecule has 3 fully saturated rings. The third-order valence-electron chi connectivity index (χ3n) is 6.49. The van der Waals surface area contributed by atoms with Gasteiger partial charge in [0.1, 0.15) is 0 Å². The Kier molecular flexibility index (Phi) is 5.20. The summed E-state index contributed by atoms with van der Waals surface area (Å²) < 4.78 is 0. The lowest BCUT2D eigenvalue weighted by Crippen LogP contribution is -2.54. The number of nitrogens with one attached hydrogen (secondary N) is 2. The van der Waals surface area contributed by atoms with E-state index in [2.05, 4.69) is 28.1 Å². The summed E-state index contributed by atoms with van der Waals surface area (Å²) in [6.07, 6.45) is 9.58. The Morgan fingerprint density at radius 2 is 2.00 bits per heavy atom. The molecule has 1 saturated carbocycles. The number of thiophene rings is 1. The summed E-state index contributed by atoms with van der Waals surface area (Å²) in [5.41, 5.74) is -0.0512. The summed E-state index contributed by atoms with van der Waals surface area (Å²) in [5.74, 6) is 0.717. The highest BCUT2D eigenvalue weighted by Crippen LogP contribution is 2.37. The van der Waals surface area contributed by atoms with E-state index >= 15 is 0 Å². The molecule has 1 aliphatic carbocycles. The van der Waals surface area contributed by atoms with Crippen molar-refractivity contribution in [2.24, 2.45) is 5.92 Å². The molecule has 3 heterocycles. The van der Waals surface area contributed by atoms with E-state index < -0.39 is 0 Å². The first kappa shape index (κ1) is 17.8. The topological polar surface area (TPSA) is 61.4 Å². The average molecular weight is 376 g/mol. The van der Waals surface area contributed by atoms with Gasteiger partial charge in [-0.3, -0.25) is 4.79 Å². The summed E-state index contributed by atoms with van der Waals surface area (Å²) in [5, 5.41) is 8.61. The van der Waals surface area contributed by atoms with Crippen LogP contribution in [0.1, 0.15) is 68.7 Å². The summed E-state index contributed by atoms with van der Waals surface area (Å²) in [6, 6.07) is 4.44. The van der Waals surface area contributed by atoms with Crippen LogP contribution in [-0.4, -0.2) is 35.5 Å². The Hall–Kier alpha value is -1.56. The SMILES string of the molecule is O=C1CCC2(CCN(C(=O)N[C@@H](c3cccs3)C3CCCCC3)CC2)N1. The Bertz CT molecular complexity index is 631. The number of rotatable bonds is 3. The molecular weight excluding hydrogens is 346 g/mol. The fourth-order valence-corrected chi connectivity index (χ4v) is 5.74. The van der Waals surface area contributed by atoms with Gasteiger partial charge in [-0.2, -0.15) is 0 Å². The molecule has 1 aromatic heterocycles. The van der Waals surface area contributed by atoms with E-state index in [1.54, 1.807) is 11.3 Å². The number of hydrogen-bond donors (Lipinski definition) is 2. The van der Waals surface area contributed by atoms with E-state index in [4.69, 9.17) is 0 Å². The number of urea groups is 1. The fourth-order valence-electron chi connectivity index (χ4n) is 4.87. The first-order chi connectivity index (χ1) is 12.7. The van der Waals surface area contributed by atoms with Crippen LogP contribution in [0.3, 0.4) is 0 Å². The summed E-state index contributed by atoms with van der Waals surface area (Å²) >= 11 is 1.75. The molecule has 2 N–H and O–H groups in total. The van der Waals surface area contributed by atoms with Gasteiger partial charge < -0.3 is 15.5 Å². The highest BCUT2D eigenvalue weighted by Gasteiger charge is 2.41. The molecule has 0 aromatic carbocycles. The fraction of sp³-hybridized carbons (Fsp3) is 0.700. The molecule has 5 nitrogen and oxygen atoms in total. The van der Waals surface area contributed by atoms with Crippen LogP contribution >= 0.6 is 11.3 Å². The molecule has 0 bridgehead atoms. The smallest absolute Gasteiger partial charge is 0.317 e. The number of likely N-dealkylation sites (tertiary alicyclic amines) is 1. The van der Waals surface area contributed by atoms with Crippen molar-refractivity contribution >= 4 is 23.3 Å². The van der Waals surface area contributed by atoms with Crippen molar-refractivity contribution in [1.82, 2.24) is 15.5 Å². The molecule has 142 valence electrons. The molecular formula is C20H29N3O2S. The van der Waals surface area contributed by atoms with Gasteiger partial charge in [0.05, 0.1) is 6.04 Å². The molecule has 3 amide bonds. The summed E-state index contributed by atoms with van der Waals surface area (Å²) in [6.45, 7) is 1.46. The van der Waals surface area contributed by atoms with Crippen LogP contribution in [0.25, 0.3) is 0 Å². The van der Waals surface area contributed by atoms with Crippen LogP contribution in [0, 0.1) is 5.92 Å². The van der Waals surface area contributed by atoms with Crippen molar-refractivity contribution in [3.63, 3.8) is 0 Å². The van der Waals surface area contributed by atoms with Gasteiger partial charge in [0, 0.05) is 29.9 Å². The van der Waals surface area contributed by atoms with Gasteiger partial charge in [-0.1, -0.05) is 25.3 Å². The van der Waals surface area contributed by atoms with E-state index in [9.17, 15) is 9.59 Å². The Morgan fingerprint density at radius 3 is 2.62 bits per heavy atom. The monoisotopic (exact) mass is 375 g/mol. The molecule has 1 atom stereocenters. The lowest BCUT2D eigenvalue weighted by atomic mass is 9.83. The predicted molar refractivity (Wildman–Crippen MR) is 103 cm³/mol. The van der Waals surface area contributed by atoms with Crippen LogP contribution in [0.5, 0.6) is 0 Å². The molecule has 0 unspecified atom stereocenters. The molecule has 4 rings (SSSR count). The molecule has 0 radical (unpaired) electrons. The van der Waals surface area contributed by atoms with Crippen molar-refractivity contribution in [3.8, 4) is 0 Å². The Morgan fingerprint density at radius 1 is 1.23 bits per heavy atom. The highest BCUT2D eigenvalue weighted by atomic mass is 32.1. The van der Waals surface area contributed by atoms with Crippen LogP contribution in [-0.2, 0) is 4.79 Å². The number of amides is 3. The second kappa shape index (κ2) is 7.59. The van der Waals surface area contributed by atoms with Crippen molar-refractivity contribution in [2.75, 3.05) is 13.1 Å². The quantitative estimate of drug-likeness (QED) is 0.843. The first-order valence-corrected chi connectivity index (χ1v) is 10.9. The molecule has 3 aliphatic rings. The van der Waals surface area contributed by atoms with Crippen LogP contribution in [0.15, 0.2) is 17.5 Å². The van der Waals surface area contributed by atoms with E-state index in [1.807, 2.05) is 4.90 Å². The summed E-state index contributed by atoms with van der Waals surface area (Å²) in [4.78, 5) is 27.8. The Labute approximate surface area is 159 Å². The van der Waals surface area contributed by atoms with E-state index in [0.29, 0.717) is 12.3 Å². The molecule has 6 heteroatoms. The molecule has 1 aromatic rings. The van der Waals surface area contributed by atoms with Gasteiger partial charge in [0.2, 0.25) is 5.91 Å². The predicted octanol–water partition coefficient (Wildman–Crippen LogP) is 3.82. The number of carbonyl (C=O) groups excluding carboxylic acids is 2. The zero-order valence-corrected chi connectivity index (χ0v) is 16.2. The van der Waals surface area contributed by atoms with Gasteiger partial charge in [-0.25, -0.2) is 4.79 Å². The van der Waals surface area contributed by atoms with Gasteiger partial charge in [0.25, 0.3) is 0 Å². The standard InChI is InChI=1S/C20H29N3O2S/c24-17-8-9-20(22-17)10-12-23(13-11-20)19(25)21-18(16-7-4-14-26-16)15-5-2-1-3-6-15/h4,7,14-15,18H,1-3,5-6,8-13H2,(H,21,25)(H,22,24)/t18-/m1/s1. The van der Waals surface area contributed by atoms with Crippen molar-refractivity contribution in [2.45, 2.75) is 69.4 Å². The number of nitrogens with zero attached hydrogens (tertiary/aromatic N) is 1. The zero-order chi connectivity index (χ0) is 18.0. The number of piperidine rings is 1. The first-order valence-electron chi connectivity index (χ1n) is 10.1. The lowest BCUT2D eigenvalue weighted by molar-refractivity contribution is -0.120. The van der Waals surface area contributed by atoms with Crippen molar-refractivity contribution < 1.29 is 9.59 Å². The largest absolute Gasteiger partial charge is 0.351 e. The van der Waals surface area contributed by atoms with E-state index in [0.717, 1.165) is 32.4 Å². The van der Waals surface area contributed by atoms with Crippen LogP contribution in [0.2, 0.25) is 0 Å². The minimum Gasteiger partial charge on any atom is -0.351 e. The van der Waals surface area contributed by atoms with Gasteiger partial charge in [0.15, 0.2) is 0 Å². The minimum absolute atomic E-state index is 0.0512. The van der Waals surface area contributed by atoms with Crippen molar-refractivity contribution in [3.05, 3.63) is 22.4 Å². The maximum Gasteiger partial charge on any atom is 0.317 e. The second-order valence-corrected chi connectivity index (χ2v) is 9.14. The van der Waals surface area contributed by atoms with Gasteiger partial charge in [-0.15, -0.1) is 11.3 Å². The third-order valence-corrected chi connectivity index (χ3v) is 7.45. The maximum absolute atomic E-state index is 12.9. The van der Waals surface area contributed by atoms with Crippen LogP contribution < -0.4 is 10.6 Å². The minimum atomic E-state index is -0.0512. The van der Waals surface area contributed by atoms with Gasteiger partial charge >= 0.3 is 6.03 Å². The number of carbonyl (C=O) groups is 2.